The van der Waals surface area contributed by atoms with Crippen LogP contribution in [0, 0.1) is 25.8 Å². The van der Waals surface area contributed by atoms with Crippen LogP contribution in [0.3, 0.4) is 0 Å². The summed E-state index contributed by atoms with van der Waals surface area (Å²) in [6, 6.07) is 44.9. The summed E-state index contributed by atoms with van der Waals surface area (Å²) < 4.78 is 49.8. The smallest absolute Gasteiger partial charge is 0.216 e. The molecule has 0 fully saturated rings. The summed E-state index contributed by atoms with van der Waals surface area (Å²) in [6.07, 6.45) is 1.30. The maximum Gasteiger partial charge on any atom is 0.216 e. The predicted molar refractivity (Wildman–Crippen MR) is 175 cm³/mol. The molecule has 5 heteroatoms. The van der Waals surface area contributed by atoms with Crippen LogP contribution in [-0.4, -0.2) is 17.3 Å². The first-order valence-electron chi connectivity index (χ1n) is 16.6. The molecule has 0 aliphatic carbocycles. The molecule has 1 aliphatic heterocycles. The number of aliphatic imine (C=N–C) groups is 1. The van der Waals surface area contributed by atoms with E-state index < -0.39 is 13.7 Å². The number of hydrogen-bond donors (Lipinski definition) is 0. The molecular formula is C38H27BIrN2O-2. The summed E-state index contributed by atoms with van der Waals surface area (Å²) in [6.45, 7) is -4.26. The summed E-state index contributed by atoms with van der Waals surface area (Å²) in [7, 11) is 0. The number of para-hydroxylation sites is 2. The molecule has 3 nitrogen and oxygen atoms in total. The Balaban J connectivity index is 0.000000177. The van der Waals surface area contributed by atoms with E-state index in [2.05, 4.69) is 71.7 Å². The van der Waals surface area contributed by atoms with E-state index in [4.69, 9.17) is 17.6 Å². The molecule has 0 atom stereocenters. The van der Waals surface area contributed by atoms with Gasteiger partial charge in [0.15, 0.2) is 0 Å². The average molecular weight is 737 g/mol. The zero-order chi connectivity index (χ0) is 33.5. The van der Waals surface area contributed by atoms with E-state index >= 15 is 0 Å². The van der Waals surface area contributed by atoms with Gasteiger partial charge in [-0.1, -0.05) is 78.4 Å². The van der Waals surface area contributed by atoms with Gasteiger partial charge in [0.2, 0.25) is 6.71 Å². The molecule has 0 spiro atoms. The summed E-state index contributed by atoms with van der Waals surface area (Å²) in [5.74, 6) is 0. The van der Waals surface area contributed by atoms with E-state index in [0.29, 0.717) is 11.3 Å². The third kappa shape index (κ3) is 5.75. The van der Waals surface area contributed by atoms with Gasteiger partial charge in [0, 0.05) is 51.0 Å². The van der Waals surface area contributed by atoms with Gasteiger partial charge in [-0.3, -0.25) is 0 Å². The van der Waals surface area contributed by atoms with Crippen LogP contribution in [0.15, 0.2) is 137 Å². The van der Waals surface area contributed by atoms with Gasteiger partial charge in [0.1, 0.15) is 11.2 Å². The molecule has 0 saturated heterocycles. The van der Waals surface area contributed by atoms with E-state index in [9.17, 15) is 0 Å². The maximum atomic E-state index is 7.28. The molecule has 3 heterocycles. The fourth-order valence-corrected chi connectivity index (χ4v) is 5.34. The molecule has 2 aromatic heterocycles. The Morgan fingerprint density at radius 3 is 2.33 bits per heavy atom. The predicted octanol–water partition coefficient (Wildman–Crippen LogP) is 7.83. The average Bonchev–Trinajstić information content (AvgIpc) is 3.67. The number of aromatic nitrogens is 1. The Morgan fingerprint density at radius 2 is 1.53 bits per heavy atom. The SMILES string of the molecule is [2H]C([2H])([2H])c1c[c-]c(-c2ccc(C([2H])([2H])[2H])cn2)cc1.[Ir].[c-]1ccccc1C1=Nc2ccccc2B1c1ccc2c(c1)oc1ccccc12. The van der Waals surface area contributed by atoms with Crippen molar-refractivity contribution in [2.24, 2.45) is 4.99 Å². The molecule has 0 saturated carbocycles. The van der Waals surface area contributed by atoms with Crippen molar-refractivity contribution in [2.45, 2.75) is 13.7 Å². The van der Waals surface area contributed by atoms with Crippen LogP contribution in [0.1, 0.15) is 24.9 Å². The second kappa shape index (κ2) is 12.3. The first kappa shape index (κ1) is 22.0. The van der Waals surface area contributed by atoms with E-state index in [1.165, 1.54) is 35.3 Å². The van der Waals surface area contributed by atoms with Gasteiger partial charge in [-0.2, -0.15) is 0 Å². The Morgan fingerprint density at radius 1 is 0.721 bits per heavy atom. The number of rotatable bonds is 3. The molecule has 0 amide bonds. The van der Waals surface area contributed by atoms with Crippen LogP contribution >= 0.6 is 0 Å². The molecule has 43 heavy (non-hydrogen) atoms. The Bertz CT molecular complexity index is 2210. The van der Waals surface area contributed by atoms with Crippen molar-refractivity contribution in [2.75, 3.05) is 0 Å². The first-order chi connectivity index (χ1) is 23.1. The molecule has 0 bridgehead atoms. The van der Waals surface area contributed by atoms with Gasteiger partial charge in [-0.15, -0.1) is 71.3 Å². The number of aryl methyl sites for hydroxylation is 2. The van der Waals surface area contributed by atoms with Crippen molar-refractivity contribution in [1.82, 2.24) is 4.98 Å². The van der Waals surface area contributed by atoms with Crippen LogP contribution in [0.2, 0.25) is 0 Å². The fourth-order valence-electron chi connectivity index (χ4n) is 5.34. The molecule has 0 unspecified atom stereocenters. The van der Waals surface area contributed by atoms with Crippen LogP contribution in [-0.2, 0) is 20.1 Å². The van der Waals surface area contributed by atoms with Crippen molar-refractivity contribution < 1.29 is 32.7 Å². The third-order valence-electron chi connectivity index (χ3n) is 7.34. The Hall–Kier alpha value is -4.57. The maximum absolute atomic E-state index is 7.28. The van der Waals surface area contributed by atoms with Crippen LogP contribution in [0.4, 0.5) is 5.69 Å². The second-order valence-corrected chi connectivity index (χ2v) is 10.0. The van der Waals surface area contributed by atoms with Gasteiger partial charge in [0.25, 0.3) is 0 Å². The Labute approximate surface area is 274 Å². The number of furan rings is 1. The summed E-state index contributed by atoms with van der Waals surface area (Å²) in [5, 5.41) is 2.30. The van der Waals surface area contributed by atoms with Gasteiger partial charge < -0.3 is 14.4 Å². The number of benzene rings is 5. The van der Waals surface area contributed by atoms with Crippen LogP contribution in [0.25, 0.3) is 33.2 Å². The zero-order valence-corrected chi connectivity index (χ0v) is 25.2. The van der Waals surface area contributed by atoms with Crippen LogP contribution < -0.4 is 10.9 Å². The molecule has 1 radical (unpaired) electrons. The van der Waals surface area contributed by atoms with Gasteiger partial charge in [0.05, 0.1) is 0 Å². The third-order valence-corrected chi connectivity index (χ3v) is 7.34. The van der Waals surface area contributed by atoms with Gasteiger partial charge in [-0.25, -0.2) is 0 Å². The summed E-state index contributed by atoms with van der Waals surface area (Å²) >= 11 is 0. The number of nitrogens with zero attached hydrogens (tertiary/aromatic N) is 2. The molecule has 0 N–H and O–H groups in total. The minimum absolute atomic E-state index is 0. The van der Waals surface area contributed by atoms with Crippen molar-refractivity contribution in [3.8, 4) is 11.3 Å². The molecule has 8 rings (SSSR count). The van der Waals surface area contributed by atoms with Crippen molar-refractivity contribution in [1.29, 1.82) is 0 Å². The quantitative estimate of drug-likeness (QED) is 0.137. The Kier molecular flexibility index (Phi) is 6.33. The number of hydrogen-bond acceptors (Lipinski definition) is 3. The van der Waals surface area contributed by atoms with E-state index in [-0.39, 0.29) is 37.9 Å². The minimum atomic E-state index is -2.18. The van der Waals surface area contributed by atoms with E-state index in [1.54, 1.807) is 12.1 Å². The van der Waals surface area contributed by atoms with Crippen LogP contribution in [0.5, 0.6) is 0 Å². The number of fused-ring (bicyclic) bond motifs is 4. The fraction of sp³-hybridized carbons (Fsp3) is 0.0526. The summed E-state index contributed by atoms with van der Waals surface area (Å²) in [5.41, 5.74) is 8.91. The monoisotopic (exact) mass is 737 g/mol. The first-order valence-corrected chi connectivity index (χ1v) is 13.6. The topological polar surface area (TPSA) is 38.4 Å². The molecular weight excluding hydrogens is 703 g/mol. The van der Waals surface area contributed by atoms with Gasteiger partial charge >= 0.3 is 0 Å². The van der Waals surface area contributed by atoms with E-state index in [0.717, 1.165) is 38.8 Å². The number of pyridine rings is 1. The van der Waals surface area contributed by atoms with Crippen molar-refractivity contribution >= 4 is 50.9 Å². The van der Waals surface area contributed by atoms with Gasteiger partial charge in [-0.05, 0) is 41.9 Å². The largest absolute Gasteiger partial charge is 0.456 e. The molecule has 1 aliphatic rings. The second-order valence-electron chi connectivity index (χ2n) is 10.0. The molecule has 209 valence electrons. The zero-order valence-electron chi connectivity index (χ0n) is 28.8. The summed E-state index contributed by atoms with van der Waals surface area (Å²) in [4.78, 5) is 9.03. The molecule has 5 aromatic carbocycles. The van der Waals surface area contributed by atoms with Crippen molar-refractivity contribution in [3.63, 3.8) is 0 Å². The standard InChI is InChI=1S/C25H15BNO.C13H12N.Ir/c1-2-8-17(9-3-1)25-26(21-11-5-6-12-22(21)27-25)18-14-15-20-19-10-4-7-13-23(19)28-24(20)16-18;1-10-3-6-12(7-4-10)13-8-5-11(2)9-14-13;/h1-8,10-16H;3-6,8-9H,1-2H3;/q2*-1;/i;1D3,2D3;. The molecule has 7 aromatic rings. The minimum Gasteiger partial charge on any atom is -0.456 e. The van der Waals surface area contributed by atoms with E-state index in [1.807, 2.05) is 36.4 Å². The van der Waals surface area contributed by atoms with Crippen molar-refractivity contribution in [3.05, 3.63) is 156 Å². The normalized spacial score (nSPS) is 14.5.